The van der Waals surface area contributed by atoms with Crippen LogP contribution in [0, 0.1) is 0 Å². The smallest absolute Gasteiger partial charge is 0.358 e. The molecule has 0 aliphatic rings. The van der Waals surface area contributed by atoms with Crippen LogP contribution in [0.5, 0.6) is 0 Å². The topological polar surface area (TPSA) is 121 Å². The number of aromatic nitrogens is 6. The van der Waals surface area contributed by atoms with Gasteiger partial charge in [0, 0.05) is 36.6 Å². The lowest BCUT2D eigenvalue weighted by Gasteiger charge is -2.15. The van der Waals surface area contributed by atoms with Crippen LogP contribution < -0.4 is 0 Å². The first-order valence-corrected chi connectivity index (χ1v) is 14.1. The molecular formula is C28H28BrClN6O4. The van der Waals surface area contributed by atoms with Gasteiger partial charge in [-0.3, -0.25) is 0 Å². The molecule has 0 radical (unpaired) electrons. The Kier molecular flexibility index (Phi) is 8.63. The van der Waals surface area contributed by atoms with Crippen molar-refractivity contribution in [1.29, 1.82) is 0 Å². The molecule has 2 aromatic carbocycles. The van der Waals surface area contributed by atoms with E-state index in [1.807, 2.05) is 47.0 Å². The maximum Gasteiger partial charge on any atom is 0.358 e. The average Bonchev–Trinajstić information content (AvgIpc) is 3.66. The summed E-state index contributed by atoms with van der Waals surface area (Å²) < 4.78 is 19.6. The number of nitrogens with one attached hydrogen (secondary N) is 1. The fourth-order valence-electron chi connectivity index (χ4n) is 4.59. The molecule has 0 aliphatic heterocycles. The Morgan fingerprint density at radius 3 is 2.75 bits per heavy atom. The first kappa shape index (κ1) is 28.0. The number of halogens is 2. The maximum absolute atomic E-state index is 13.1. The van der Waals surface area contributed by atoms with E-state index in [2.05, 4.69) is 48.5 Å². The molecule has 0 spiro atoms. The van der Waals surface area contributed by atoms with Gasteiger partial charge in [-0.1, -0.05) is 55.3 Å². The van der Waals surface area contributed by atoms with Crippen molar-refractivity contribution >= 4 is 44.5 Å². The van der Waals surface area contributed by atoms with Gasteiger partial charge in [0.2, 0.25) is 0 Å². The number of aromatic amines is 1. The van der Waals surface area contributed by atoms with Crippen molar-refractivity contribution in [3.05, 3.63) is 69.2 Å². The number of benzene rings is 2. The van der Waals surface area contributed by atoms with Crippen molar-refractivity contribution in [2.24, 2.45) is 0 Å². The number of unbranched alkanes of at least 4 members (excludes halogenated alkanes) is 1. The fraction of sp³-hybridized carbons (Fsp3) is 0.321. The first-order valence-electron chi connectivity index (χ1n) is 12.9. The minimum atomic E-state index is -0.531. The van der Waals surface area contributed by atoms with Gasteiger partial charge >= 0.3 is 5.97 Å². The molecule has 3 aromatic heterocycles. The Hall–Kier alpha value is -3.54. The summed E-state index contributed by atoms with van der Waals surface area (Å²) in [6, 6.07) is 13.7. The summed E-state index contributed by atoms with van der Waals surface area (Å²) in [5.74, 6) is 1.40. The zero-order valence-electron chi connectivity index (χ0n) is 22.3. The predicted octanol–water partition coefficient (Wildman–Crippen LogP) is 6.47. The van der Waals surface area contributed by atoms with E-state index in [-0.39, 0.29) is 17.5 Å². The number of esters is 1. The molecule has 5 aromatic rings. The lowest BCUT2D eigenvalue weighted by Crippen LogP contribution is -2.22. The molecule has 0 fully saturated rings. The third-order valence-electron chi connectivity index (χ3n) is 6.47. The number of H-pyrrole nitrogens is 1. The molecule has 208 valence electrons. The summed E-state index contributed by atoms with van der Waals surface area (Å²) in [5, 5.41) is 15.3. The number of hydrogen-bond acceptors (Lipinski definition) is 8. The zero-order chi connectivity index (χ0) is 28.2. The molecule has 1 atom stereocenters. The number of methoxy groups -OCH3 is 1. The van der Waals surface area contributed by atoms with Crippen LogP contribution >= 0.6 is 27.5 Å². The van der Waals surface area contributed by atoms with Gasteiger partial charge in [-0.05, 0) is 57.4 Å². The number of nitrogens with zero attached hydrogens (tertiary/aromatic N) is 5. The molecular weight excluding hydrogens is 600 g/mol. The summed E-state index contributed by atoms with van der Waals surface area (Å²) in [7, 11) is 1.56. The van der Waals surface area contributed by atoms with Crippen molar-refractivity contribution in [2.75, 3.05) is 13.7 Å². The van der Waals surface area contributed by atoms with Gasteiger partial charge in [0.15, 0.2) is 16.7 Å². The monoisotopic (exact) mass is 626 g/mol. The molecule has 1 unspecified atom stereocenters. The molecule has 10 nitrogen and oxygen atoms in total. The second kappa shape index (κ2) is 12.3. The summed E-state index contributed by atoms with van der Waals surface area (Å²) >= 11 is 10.3. The van der Waals surface area contributed by atoms with Crippen molar-refractivity contribution in [2.45, 2.75) is 45.8 Å². The number of fused-ring (bicyclic) bond motifs is 1. The standard InChI is InChI=1S/C28H28BrClN6O4/c1-4-5-10-22-31-26(30)24(28(37)39-16(2)15-38-3)36(22)14-17-11-12-21-20(13-17)23(29)25(40-21)18-8-6-7-9-19(18)27-32-34-35-33-27/h6-9,11-13,16H,4-5,10,14-15H2,1-3H3,(H,32,33,34,35). The van der Waals surface area contributed by atoms with Gasteiger partial charge in [0.1, 0.15) is 23.3 Å². The SMILES string of the molecule is CCCCc1nc(Cl)c(C(=O)OC(C)COC)n1Cc1ccc2oc(-c3ccccc3-c3nnn[nH]3)c(Br)c2c1. The fourth-order valence-corrected chi connectivity index (χ4v) is 5.48. The Bertz CT molecular complexity index is 1630. The van der Waals surface area contributed by atoms with E-state index < -0.39 is 12.1 Å². The molecule has 0 saturated carbocycles. The minimum Gasteiger partial charge on any atom is -0.455 e. The first-order chi connectivity index (χ1) is 19.4. The molecule has 5 rings (SSSR count). The van der Waals surface area contributed by atoms with E-state index in [4.69, 9.17) is 25.5 Å². The van der Waals surface area contributed by atoms with Crippen LogP contribution in [-0.2, 0) is 22.4 Å². The Morgan fingerprint density at radius 2 is 2.02 bits per heavy atom. The van der Waals surface area contributed by atoms with Gasteiger partial charge in [0.05, 0.1) is 11.1 Å². The van der Waals surface area contributed by atoms with Crippen LogP contribution in [0.15, 0.2) is 51.4 Å². The Balaban J connectivity index is 1.52. The normalized spacial score (nSPS) is 12.2. The van der Waals surface area contributed by atoms with Gasteiger partial charge in [0.25, 0.3) is 0 Å². The number of tetrazole rings is 1. The highest BCUT2D eigenvalue weighted by atomic mass is 79.9. The Labute approximate surface area is 244 Å². The van der Waals surface area contributed by atoms with Crippen LogP contribution in [0.25, 0.3) is 33.7 Å². The van der Waals surface area contributed by atoms with Crippen molar-refractivity contribution in [3.63, 3.8) is 0 Å². The highest BCUT2D eigenvalue weighted by Crippen LogP contribution is 2.41. The largest absolute Gasteiger partial charge is 0.455 e. The summed E-state index contributed by atoms with van der Waals surface area (Å²) in [5.41, 5.74) is 3.53. The number of carbonyl (C=O) groups is 1. The number of furan rings is 1. The van der Waals surface area contributed by atoms with E-state index >= 15 is 0 Å². The lowest BCUT2D eigenvalue weighted by atomic mass is 10.0. The second-order valence-corrected chi connectivity index (χ2v) is 10.6. The quantitative estimate of drug-likeness (QED) is 0.165. The average molecular weight is 628 g/mol. The van der Waals surface area contributed by atoms with Crippen LogP contribution in [0.3, 0.4) is 0 Å². The molecule has 3 heterocycles. The summed E-state index contributed by atoms with van der Waals surface area (Å²) in [6.07, 6.45) is 2.16. The highest BCUT2D eigenvalue weighted by molar-refractivity contribution is 9.10. The van der Waals surface area contributed by atoms with E-state index in [1.54, 1.807) is 14.0 Å². The number of ether oxygens (including phenoxy) is 2. The molecule has 0 saturated heterocycles. The summed E-state index contributed by atoms with van der Waals surface area (Å²) in [6.45, 7) is 4.54. The number of rotatable bonds is 11. The molecule has 1 N–H and O–H groups in total. The van der Waals surface area contributed by atoms with E-state index in [9.17, 15) is 4.79 Å². The second-order valence-electron chi connectivity index (χ2n) is 9.40. The number of imidazole rings is 1. The van der Waals surface area contributed by atoms with Crippen molar-refractivity contribution < 1.29 is 18.7 Å². The molecule has 12 heteroatoms. The van der Waals surface area contributed by atoms with Crippen molar-refractivity contribution in [1.82, 2.24) is 30.2 Å². The van der Waals surface area contributed by atoms with Crippen LogP contribution in [0.2, 0.25) is 5.15 Å². The zero-order valence-corrected chi connectivity index (χ0v) is 24.6. The van der Waals surface area contributed by atoms with Crippen molar-refractivity contribution in [3.8, 4) is 22.7 Å². The Morgan fingerprint density at radius 1 is 1.23 bits per heavy atom. The summed E-state index contributed by atoms with van der Waals surface area (Å²) in [4.78, 5) is 17.7. The number of carbonyl (C=O) groups excluding carboxylic acids is 1. The van der Waals surface area contributed by atoms with Gasteiger partial charge < -0.3 is 18.5 Å². The molecule has 40 heavy (non-hydrogen) atoms. The number of hydrogen-bond donors (Lipinski definition) is 1. The third kappa shape index (κ3) is 5.67. The van der Waals surface area contributed by atoms with Crippen LogP contribution in [0.4, 0.5) is 0 Å². The highest BCUT2D eigenvalue weighted by Gasteiger charge is 2.25. The molecule has 0 amide bonds. The predicted molar refractivity (Wildman–Crippen MR) is 154 cm³/mol. The van der Waals surface area contributed by atoms with Crippen LogP contribution in [-0.4, -0.2) is 56.0 Å². The lowest BCUT2D eigenvalue weighted by molar-refractivity contribution is 0.0110. The van der Waals surface area contributed by atoms with E-state index in [0.717, 1.165) is 45.2 Å². The van der Waals surface area contributed by atoms with E-state index in [0.29, 0.717) is 30.1 Å². The van der Waals surface area contributed by atoms with E-state index in [1.165, 1.54) is 0 Å². The van der Waals surface area contributed by atoms with Gasteiger partial charge in [-0.25, -0.2) is 14.9 Å². The minimum absolute atomic E-state index is 0.132. The molecule has 0 bridgehead atoms. The van der Waals surface area contributed by atoms with Gasteiger partial charge in [-0.15, -0.1) is 5.10 Å². The third-order valence-corrected chi connectivity index (χ3v) is 7.52. The number of aryl methyl sites for hydroxylation is 1. The van der Waals surface area contributed by atoms with Crippen LogP contribution in [0.1, 0.15) is 48.6 Å². The molecule has 0 aliphatic carbocycles. The van der Waals surface area contributed by atoms with Gasteiger partial charge in [-0.2, -0.15) is 0 Å². The maximum atomic E-state index is 13.1.